The maximum Gasteiger partial charge on any atom is 0.246 e. The normalized spacial score (nSPS) is 15.7. The minimum atomic E-state index is -0.741. The average Bonchev–Trinajstić information content (AvgIpc) is 3.47. The van der Waals surface area contributed by atoms with Crippen LogP contribution < -0.4 is 10.6 Å². The number of para-hydroxylation sites is 1. The minimum absolute atomic E-state index is 0.110. The van der Waals surface area contributed by atoms with Gasteiger partial charge in [-0.3, -0.25) is 9.59 Å². The summed E-state index contributed by atoms with van der Waals surface area (Å²) in [4.78, 5) is 24.7. The molecule has 0 bridgehead atoms. The minimum Gasteiger partial charge on any atom is -0.345 e. The summed E-state index contributed by atoms with van der Waals surface area (Å²) in [5, 5.41) is 5.25. The quantitative estimate of drug-likeness (QED) is 0.771. The largest absolute Gasteiger partial charge is 0.345 e. The van der Waals surface area contributed by atoms with Crippen LogP contribution in [0.1, 0.15) is 43.2 Å². The topological polar surface area (TPSA) is 58.2 Å². The first-order valence-electron chi connectivity index (χ1n) is 9.35. The van der Waals surface area contributed by atoms with Gasteiger partial charge in [0.05, 0.1) is 5.69 Å². The second kappa shape index (κ2) is 8.33. The van der Waals surface area contributed by atoms with Crippen LogP contribution in [0.4, 0.5) is 10.1 Å². The van der Waals surface area contributed by atoms with Crippen LogP contribution in [0.5, 0.6) is 0 Å². The van der Waals surface area contributed by atoms with Crippen LogP contribution in [0.25, 0.3) is 0 Å². The van der Waals surface area contributed by atoms with Gasteiger partial charge in [0.15, 0.2) is 0 Å². The smallest absolute Gasteiger partial charge is 0.246 e. The van der Waals surface area contributed by atoms with Gasteiger partial charge in [-0.2, -0.15) is 0 Å². The lowest BCUT2D eigenvalue weighted by Crippen LogP contribution is -2.42. The number of anilines is 1. The number of carbonyl (C=O) groups is 2. The molecule has 0 heterocycles. The maximum absolute atomic E-state index is 13.7. The summed E-state index contributed by atoms with van der Waals surface area (Å²) in [6, 6.07) is 13.5. The molecule has 2 aromatic carbocycles. The summed E-state index contributed by atoms with van der Waals surface area (Å²) in [6.07, 6.45) is 2.62. The van der Waals surface area contributed by atoms with Gasteiger partial charge in [-0.1, -0.05) is 42.0 Å². The number of hydrogen-bond donors (Lipinski definition) is 2. The molecule has 1 aliphatic rings. The molecule has 2 N–H and O–H groups in total. The molecule has 5 heteroatoms. The van der Waals surface area contributed by atoms with Crippen molar-refractivity contribution in [2.24, 2.45) is 5.92 Å². The summed E-state index contributed by atoms with van der Waals surface area (Å²) < 4.78 is 13.7. The van der Waals surface area contributed by atoms with E-state index in [1.54, 1.807) is 19.1 Å². The van der Waals surface area contributed by atoms with Crippen LogP contribution in [0.2, 0.25) is 0 Å². The van der Waals surface area contributed by atoms with E-state index in [1.807, 2.05) is 6.92 Å². The van der Waals surface area contributed by atoms with Crippen LogP contribution in [-0.4, -0.2) is 17.9 Å². The molecule has 2 amide bonds. The van der Waals surface area contributed by atoms with E-state index in [2.05, 4.69) is 34.9 Å². The zero-order chi connectivity index (χ0) is 19.4. The third kappa shape index (κ3) is 5.16. The van der Waals surface area contributed by atoms with Gasteiger partial charge in [0, 0.05) is 6.42 Å². The predicted molar refractivity (Wildman–Crippen MR) is 104 cm³/mol. The Morgan fingerprint density at radius 1 is 1.11 bits per heavy atom. The highest BCUT2D eigenvalue weighted by molar-refractivity contribution is 5.97. The Bertz CT molecular complexity index is 815. The van der Waals surface area contributed by atoms with E-state index in [-0.39, 0.29) is 17.5 Å². The van der Waals surface area contributed by atoms with E-state index in [1.165, 1.54) is 23.3 Å². The summed E-state index contributed by atoms with van der Waals surface area (Å²) in [5.41, 5.74) is 2.47. The number of aryl methyl sites for hydroxylation is 1. The van der Waals surface area contributed by atoms with E-state index >= 15 is 0 Å². The molecule has 2 atom stereocenters. The van der Waals surface area contributed by atoms with Crippen LogP contribution in [0.15, 0.2) is 48.5 Å². The number of rotatable bonds is 7. The number of hydrogen-bond acceptors (Lipinski definition) is 2. The average molecular weight is 368 g/mol. The molecule has 0 radical (unpaired) electrons. The predicted octanol–water partition coefficient (Wildman–Crippen LogP) is 4.16. The second-order valence-electron chi connectivity index (χ2n) is 7.32. The van der Waals surface area contributed by atoms with E-state index in [9.17, 15) is 14.0 Å². The van der Waals surface area contributed by atoms with Crippen LogP contribution in [-0.2, 0) is 9.59 Å². The van der Waals surface area contributed by atoms with Gasteiger partial charge in [0.2, 0.25) is 11.8 Å². The molecule has 1 aliphatic carbocycles. The molecule has 4 nitrogen and oxygen atoms in total. The van der Waals surface area contributed by atoms with Crippen molar-refractivity contribution in [2.75, 3.05) is 5.32 Å². The first-order chi connectivity index (χ1) is 12.9. The zero-order valence-electron chi connectivity index (χ0n) is 15.7. The summed E-state index contributed by atoms with van der Waals surface area (Å²) in [5.74, 6) is -0.401. The standard InChI is InChI=1S/C22H25FN2O2/c1-14-7-9-16(10-8-14)18(17-11-12-17)13-21(26)24-15(2)22(27)25-20-6-4-3-5-19(20)23/h3-10,15,17-18H,11-13H2,1-2H3,(H,24,26)(H,25,27). The number of amides is 2. The molecule has 0 spiro atoms. The Kier molecular flexibility index (Phi) is 5.89. The molecule has 0 saturated heterocycles. The molecule has 1 fully saturated rings. The van der Waals surface area contributed by atoms with Crippen molar-refractivity contribution in [1.82, 2.24) is 5.32 Å². The fourth-order valence-electron chi connectivity index (χ4n) is 3.24. The monoisotopic (exact) mass is 368 g/mol. The third-order valence-electron chi connectivity index (χ3n) is 5.00. The van der Waals surface area contributed by atoms with Crippen molar-refractivity contribution in [3.8, 4) is 0 Å². The second-order valence-corrected chi connectivity index (χ2v) is 7.32. The van der Waals surface area contributed by atoms with E-state index in [4.69, 9.17) is 0 Å². The molecule has 142 valence electrons. The summed E-state index contributed by atoms with van der Waals surface area (Å²) in [6.45, 7) is 3.64. The third-order valence-corrected chi connectivity index (χ3v) is 5.00. The van der Waals surface area contributed by atoms with E-state index in [0.29, 0.717) is 12.3 Å². The molecule has 0 aliphatic heterocycles. The first kappa shape index (κ1) is 19.1. The highest BCUT2D eigenvalue weighted by Crippen LogP contribution is 2.44. The fourth-order valence-corrected chi connectivity index (χ4v) is 3.24. The molecular formula is C22H25FN2O2. The van der Waals surface area contributed by atoms with Crippen molar-refractivity contribution < 1.29 is 14.0 Å². The summed E-state index contributed by atoms with van der Waals surface area (Å²) in [7, 11) is 0. The number of nitrogens with one attached hydrogen (secondary N) is 2. The zero-order valence-corrected chi connectivity index (χ0v) is 15.7. The highest BCUT2D eigenvalue weighted by Gasteiger charge is 2.34. The Balaban J connectivity index is 1.57. The van der Waals surface area contributed by atoms with Crippen LogP contribution in [0, 0.1) is 18.7 Å². The molecular weight excluding hydrogens is 343 g/mol. The lowest BCUT2D eigenvalue weighted by molar-refractivity contribution is -0.126. The first-order valence-corrected chi connectivity index (χ1v) is 9.35. The van der Waals surface area contributed by atoms with Crippen LogP contribution >= 0.6 is 0 Å². The lowest BCUT2D eigenvalue weighted by Gasteiger charge is -2.19. The summed E-state index contributed by atoms with van der Waals surface area (Å²) >= 11 is 0. The van der Waals surface area contributed by atoms with Crippen molar-refractivity contribution in [3.05, 3.63) is 65.5 Å². The number of carbonyl (C=O) groups excluding carboxylic acids is 2. The number of benzene rings is 2. The lowest BCUT2D eigenvalue weighted by atomic mass is 9.90. The SMILES string of the molecule is Cc1ccc(C(CC(=O)NC(C)C(=O)Nc2ccccc2F)C2CC2)cc1. The van der Waals surface area contributed by atoms with E-state index < -0.39 is 17.8 Å². The Morgan fingerprint density at radius 2 is 1.78 bits per heavy atom. The fraction of sp³-hybridized carbons (Fsp3) is 0.364. The number of halogens is 1. The van der Waals surface area contributed by atoms with Crippen molar-refractivity contribution in [3.63, 3.8) is 0 Å². The van der Waals surface area contributed by atoms with Gasteiger partial charge in [0.1, 0.15) is 11.9 Å². The van der Waals surface area contributed by atoms with Crippen molar-refractivity contribution >= 4 is 17.5 Å². The van der Waals surface area contributed by atoms with Gasteiger partial charge >= 0.3 is 0 Å². The van der Waals surface area contributed by atoms with Gasteiger partial charge in [-0.15, -0.1) is 0 Å². The maximum atomic E-state index is 13.7. The molecule has 2 unspecified atom stereocenters. The molecule has 1 saturated carbocycles. The molecule has 0 aromatic heterocycles. The Labute approximate surface area is 159 Å². The Morgan fingerprint density at radius 3 is 2.41 bits per heavy atom. The Hall–Kier alpha value is -2.69. The van der Waals surface area contributed by atoms with E-state index in [0.717, 1.165) is 12.8 Å². The van der Waals surface area contributed by atoms with Crippen molar-refractivity contribution in [2.45, 2.75) is 45.1 Å². The molecule has 27 heavy (non-hydrogen) atoms. The van der Waals surface area contributed by atoms with Crippen LogP contribution in [0.3, 0.4) is 0 Å². The van der Waals surface area contributed by atoms with Gasteiger partial charge < -0.3 is 10.6 Å². The van der Waals surface area contributed by atoms with Crippen molar-refractivity contribution in [1.29, 1.82) is 0 Å². The molecule has 2 aromatic rings. The molecule has 3 rings (SSSR count). The van der Waals surface area contributed by atoms with Gasteiger partial charge in [-0.05, 0) is 56.2 Å². The van der Waals surface area contributed by atoms with Gasteiger partial charge in [0.25, 0.3) is 0 Å². The highest BCUT2D eigenvalue weighted by atomic mass is 19.1. The van der Waals surface area contributed by atoms with Gasteiger partial charge in [-0.25, -0.2) is 4.39 Å².